The van der Waals surface area contributed by atoms with Crippen molar-refractivity contribution in [2.24, 2.45) is 0 Å². The van der Waals surface area contributed by atoms with Gasteiger partial charge in [-0.15, -0.1) is 0 Å². The first kappa shape index (κ1) is 23.6. The molecular weight excluding hydrogens is 490 g/mol. The van der Waals surface area contributed by atoms with E-state index in [9.17, 15) is 4.79 Å². The SMILES string of the molecule is COc1ccc(-c2c(Nc3ncc(C#N)cn3)[nH]c3c(-c4ccccc4)c(-c4ccccc4)nn3c2=O)cc1. The van der Waals surface area contributed by atoms with E-state index in [0.29, 0.717) is 39.6 Å². The summed E-state index contributed by atoms with van der Waals surface area (Å²) in [6.07, 6.45) is 2.83. The summed E-state index contributed by atoms with van der Waals surface area (Å²) in [6.45, 7) is 0. The number of ether oxygens (including phenoxy) is 1. The van der Waals surface area contributed by atoms with Gasteiger partial charge in [0, 0.05) is 5.56 Å². The largest absolute Gasteiger partial charge is 0.497 e. The third-order valence-corrected chi connectivity index (χ3v) is 6.29. The first-order valence-electron chi connectivity index (χ1n) is 12.1. The summed E-state index contributed by atoms with van der Waals surface area (Å²) in [7, 11) is 1.59. The van der Waals surface area contributed by atoms with Crippen molar-refractivity contribution in [1.82, 2.24) is 24.6 Å². The normalized spacial score (nSPS) is 10.8. The molecule has 0 saturated heterocycles. The van der Waals surface area contributed by atoms with Crippen LogP contribution in [0.5, 0.6) is 5.75 Å². The average molecular weight is 512 g/mol. The number of methoxy groups -OCH3 is 1. The van der Waals surface area contributed by atoms with Gasteiger partial charge in [0.1, 0.15) is 29.0 Å². The first-order valence-corrected chi connectivity index (χ1v) is 12.1. The summed E-state index contributed by atoms with van der Waals surface area (Å²) in [5.41, 5.74) is 4.74. The van der Waals surface area contributed by atoms with Crippen LogP contribution in [0.3, 0.4) is 0 Å². The predicted molar refractivity (Wildman–Crippen MR) is 149 cm³/mol. The number of nitriles is 1. The molecule has 6 aromatic rings. The van der Waals surface area contributed by atoms with E-state index in [-0.39, 0.29) is 11.5 Å². The summed E-state index contributed by atoms with van der Waals surface area (Å²) in [6, 6.07) is 28.7. The molecule has 0 aliphatic rings. The molecule has 0 radical (unpaired) electrons. The zero-order valence-corrected chi connectivity index (χ0v) is 20.8. The van der Waals surface area contributed by atoms with Crippen molar-refractivity contribution in [3.05, 3.63) is 113 Å². The van der Waals surface area contributed by atoms with E-state index in [1.54, 1.807) is 31.4 Å². The van der Waals surface area contributed by atoms with Crippen molar-refractivity contribution < 1.29 is 4.74 Å². The molecule has 3 aromatic carbocycles. The Balaban J connectivity index is 1.65. The maximum absolute atomic E-state index is 14.1. The zero-order valence-electron chi connectivity index (χ0n) is 20.8. The lowest BCUT2D eigenvalue weighted by Crippen LogP contribution is -2.20. The number of anilines is 2. The van der Waals surface area contributed by atoms with E-state index < -0.39 is 0 Å². The molecule has 39 heavy (non-hydrogen) atoms. The average Bonchev–Trinajstić information content (AvgIpc) is 3.38. The minimum Gasteiger partial charge on any atom is -0.497 e. The molecular formula is C30H21N7O2. The van der Waals surface area contributed by atoms with Crippen LogP contribution in [0, 0.1) is 11.3 Å². The fraction of sp³-hybridized carbons (Fsp3) is 0.0333. The molecule has 3 aromatic heterocycles. The van der Waals surface area contributed by atoms with E-state index >= 15 is 0 Å². The maximum Gasteiger partial charge on any atom is 0.284 e. The predicted octanol–water partition coefficient (Wildman–Crippen LogP) is 5.44. The standard InChI is InChI=1S/C30H21N7O2/c1-39-23-14-12-21(13-15-23)25-27(35-30-32-17-19(16-31)18-33-30)34-28-24(20-8-4-2-5-9-20)26(36-37(28)29(25)38)22-10-6-3-7-11-22/h2-15,17-18,34H,1H3,(H,32,33,35). The summed E-state index contributed by atoms with van der Waals surface area (Å²) in [5.74, 6) is 1.28. The molecule has 0 aliphatic heterocycles. The lowest BCUT2D eigenvalue weighted by molar-refractivity contribution is 0.415. The van der Waals surface area contributed by atoms with Crippen LogP contribution >= 0.6 is 0 Å². The van der Waals surface area contributed by atoms with Crippen LogP contribution in [0.1, 0.15) is 5.56 Å². The lowest BCUT2D eigenvalue weighted by atomic mass is 10.0. The quantitative estimate of drug-likeness (QED) is 0.305. The molecule has 6 rings (SSSR count). The van der Waals surface area contributed by atoms with Gasteiger partial charge in [0.05, 0.1) is 36.2 Å². The second-order valence-electron chi connectivity index (χ2n) is 8.66. The van der Waals surface area contributed by atoms with Gasteiger partial charge in [-0.25, -0.2) is 9.97 Å². The summed E-state index contributed by atoms with van der Waals surface area (Å²) < 4.78 is 6.70. The molecule has 0 atom stereocenters. The monoisotopic (exact) mass is 511 g/mol. The Hall–Kier alpha value is -5.75. The third kappa shape index (κ3) is 4.36. The number of hydrogen-bond donors (Lipinski definition) is 2. The van der Waals surface area contributed by atoms with Crippen LogP contribution in [-0.4, -0.2) is 31.7 Å². The van der Waals surface area contributed by atoms with Crippen LogP contribution in [-0.2, 0) is 0 Å². The highest BCUT2D eigenvalue weighted by Gasteiger charge is 2.23. The van der Waals surface area contributed by atoms with Gasteiger partial charge in [-0.3, -0.25) is 4.79 Å². The number of aromatic nitrogens is 5. The van der Waals surface area contributed by atoms with Gasteiger partial charge in [0.2, 0.25) is 5.95 Å². The Morgan fingerprint density at radius 2 is 1.46 bits per heavy atom. The molecule has 2 N–H and O–H groups in total. The van der Waals surface area contributed by atoms with E-state index in [1.807, 2.05) is 66.7 Å². The van der Waals surface area contributed by atoms with Gasteiger partial charge < -0.3 is 15.0 Å². The summed E-state index contributed by atoms with van der Waals surface area (Å²) in [5, 5.41) is 17.1. The number of nitrogens with zero attached hydrogens (tertiary/aromatic N) is 5. The van der Waals surface area contributed by atoms with E-state index in [0.717, 1.165) is 16.7 Å². The van der Waals surface area contributed by atoms with Crippen molar-refractivity contribution in [3.8, 4) is 45.3 Å². The van der Waals surface area contributed by atoms with Gasteiger partial charge in [-0.05, 0) is 23.3 Å². The van der Waals surface area contributed by atoms with Crippen LogP contribution < -0.4 is 15.6 Å². The summed E-state index contributed by atoms with van der Waals surface area (Å²) in [4.78, 5) is 26.0. The molecule has 9 heteroatoms. The first-order chi connectivity index (χ1) is 19.2. The molecule has 188 valence electrons. The molecule has 0 saturated carbocycles. The maximum atomic E-state index is 14.1. The van der Waals surface area contributed by atoms with Crippen molar-refractivity contribution >= 4 is 17.4 Å². The Morgan fingerprint density at radius 3 is 2.08 bits per heavy atom. The van der Waals surface area contributed by atoms with E-state index in [2.05, 4.69) is 20.3 Å². The van der Waals surface area contributed by atoms with Gasteiger partial charge in [0.15, 0.2) is 0 Å². The molecule has 0 spiro atoms. The Morgan fingerprint density at radius 1 is 0.846 bits per heavy atom. The van der Waals surface area contributed by atoms with Crippen LogP contribution in [0.15, 0.2) is 102 Å². The zero-order chi connectivity index (χ0) is 26.8. The third-order valence-electron chi connectivity index (χ3n) is 6.29. The second-order valence-corrected chi connectivity index (χ2v) is 8.66. The number of rotatable bonds is 6. The van der Waals surface area contributed by atoms with Crippen molar-refractivity contribution in [3.63, 3.8) is 0 Å². The Kier molecular flexibility index (Phi) is 6.03. The van der Waals surface area contributed by atoms with Crippen LogP contribution in [0.25, 0.3) is 39.2 Å². The minimum atomic E-state index is -0.329. The van der Waals surface area contributed by atoms with Gasteiger partial charge in [-0.2, -0.15) is 14.9 Å². The second kappa shape index (κ2) is 9.95. The molecule has 3 heterocycles. The smallest absolute Gasteiger partial charge is 0.284 e. The number of nitrogens with one attached hydrogen (secondary N) is 2. The van der Waals surface area contributed by atoms with E-state index in [1.165, 1.54) is 16.9 Å². The molecule has 0 bridgehead atoms. The fourth-order valence-corrected chi connectivity index (χ4v) is 4.43. The number of hydrogen-bond acceptors (Lipinski definition) is 7. The van der Waals surface area contributed by atoms with Gasteiger partial charge >= 0.3 is 0 Å². The van der Waals surface area contributed by atoms with Gasteiger partial charge in [0.25, 0.3) is 5.56 Å². The molecule has 0 unspecified atom stereocenters. The Labute approximate surface area is 223 Å². The topological polar surface area (TPSA) is 121 Å². The van der Waals surface area contributed by atoms with Gasteiger partial charge in [-0.1, -0.05) is 72.8 Å². The highest BCUT2D eigenvalue weighted by Crippen LogP contribution is 2.36. The Bertz CT molecular complexity index is 1870. The lowest BCUT2D eigenvalue weighted by Gasteiger charge is -2.13. The van der Waals surface area contributed by atoms with Crippen molar-refractivity contribution in [1.29, 1.82) is 5.26 Å². The van der Waals surface area contributed by atoms with Crippen molar-refractivity contribution in [2.45, 2.75) is 0 Å². The fourth-order valence-electron chi connectivity index (χ4n) is 4.43. The molecule has 0 aliphatic carbocycles. The number of aromatic amines is 1. The highest BCUT2D eigenvalue weighted by atomic mass is 16.5. The minimum absolute atomic E-state index is 0.229. The number of fused-ring (bicyclic) bond motifs is 1. The van der Waals surface area contributed by atoms with Crippen molar-refractivity contribution in [2.75, 3.05) is 12.4 Å². The van der Waals surface area contributed by atoms with Crippen LogP contribution in [0.2, 0.25) is 0 Å². The van der Waals surface area contributed by atoms with E-state index in [4.69, 9.17) is 15.1 Å². The molecule has 0 fully saturated rings. The summed E-state index contributed by atoms with van der Waals surface area (Å²) >= 11 is 0. The number of H-pyrrole nitrogens is 1. The molecule has 9 nitrogen and oxygen atoms in total. The number of benzene rings is 3. The highest BCUT2D eigenvalue weighted by molar-refractivity contribution is 5.92. The van der Waals surface area contributed by atoms with Crippen LogP contribution in [0.4, 0.5) is 11.8 Å². The molecule has 0 amide bonds.